The molecule has 5 rings (SSSR count). The van der Waals surface area contributed by atoms with Gasteiger partial charge in [-0.05, 0) is 28.8 Å². The van der Waals surface area contributed by atoms with Gasteiger partial charge in [0.2, 0.25) is 11.8 Å². The summed E-state index contributed by atoms with van der Waals surface area (Å²) in [6, 6.07) is 14.4. The van der Waals surface area contributed by atoms with Gasteiger partial charge < -0.3 is 4.42 Å². The summed E-state index contributed by atoms with van der Waals surface area (Å²) < 4.78 is 6.08. The first-order valence-electron chi connectivity index (χ1n) is 8.48. The third-order valence-electron chi connectivity index (χ3n) is 4.79. The van der Waals surface area contributed by atoms with Gasteiger partial charge in [-0.15, -0.1) is 10.2 Å². The largest absolute Gasteiger partial charge is 0.416 e. The van der Waals surface area contributed by atoms with Gasteiger partial charge >= 0.3 is 0 Å². The van der Waals surface area contributed by atoms with Crippen LogP contribution in [0.3, 0.4) is 0 Å². The highest BCUT2D eigenvalue weighted by Crippen LogP contribution is 2.36. The molecule has 1 unspecified atom stereocenters. The molecule has 2 aromatic carbocycles. The van der Waals surface area contributed by atoms with Crippen molar-refractivity contribution < 1.29 is 4.42 Å². The molecule has 0 saturated carbocycles. The number of fused-ring (bicyclic) bond motifs is 2. The van der Waals surface area contributed by atoms with Crippen LogP contribution in [0.2, 0.25) is 0 Å². The fraction of sp³-hybridized carbons (Fsp3) is 0.0909. The predicted molar refractivity (Wildman–Crippen MR) is 99.7 cm³/mol. The highest BCUT2D eigenvalue weighted by Gasteiger charge is 2.22. The molecule has 25 heavy (non-hydrogen) atoms. The Balaban J connectivity index is 1.62. The molecule has 0 amide bonds. The molecule has 0 fully saturated rings. The molecule has 0 radical (unpaired) electrons. The summed E-state index contributed by atoms with van der Waals surface area (Å²) in [5, 5.41) is 10.9. The number of nitrogens with zero attached hydrogens (tertiary/aromatic N) is 2. The van der Waals surface area contributed by atoms with Gasteiger partial charge in [0.1, 0.15) is 0 Å². The van der Waals surface area contributed by atoms with E-state index in [1.165, 1.54) is 11.0 Å². The highest BCUT2D eigenvalue weighted by atomic mass is 16.4. The van der Waals surface area contributed by atoms with Crippen molar-refractivity contribution in [3.8, 4) is 11.5 Å². The van der Waals surface area contributed by atoms with Crippen LogP contribution in [0.15, 0.2) is 88.9 Å². The molecular weight excluding hydrogens is 308 g/mol. The molecule has 2 aliphatic carbocycles. The monoisotopic (exact) mass is 324 g/mol. The molecule has 3 nitrogen and oxygen atoms in total. The van der Waals surface area contributed by atoms with Crippen molar-refractivity contribution in [2.24, 2.45) is 5.92 Å². The zero-order valence-electron chi connectivity index (χ0n) is 13.6. The fourth-order valence-electron chi connectivity index (χ4n) is 3.56. The summed E-state index contributed by atoms with van der Waals surface area (Å²) in [6.45, 7) is 0. The topological polar surface area (TPSA) is 38.9 Å². The van der Waals surface area contributed by atoms with Crippen LogP contribution in [-0.4, -0.2) is 10.2 Å². The van der Waals surface area contributed by atoms with Crippen LogP contribution >= 0.6 is 0 Å². The first kappa shape index (κ1) is 14.2. The van der Waals surface area contributed by atoms with Crippen molar-refractivity contribution in [1.29, 1.82) is 0 Å². The van der Waals surface area contributed by atoms with Crippen molar-refractivity contribution in [3.63, 3.8) is 0 Å². The lowest BCUT2D eigenvalue weighted by atomic mass is 9.84. The molecule has 0 spiro atoms. The van der Waals surface area contributed by atoms with Gasteiger partial charge in [-0.1, -0.05) is 72.9 Å². The van der Waals surface area contributed by atoms with Gasteiger partial charge in [0.15, 0.2) is 0 Å². The molecule has 1 heterocycles. The molecule has 0 bridgehead atoms. The predicted octanol–water partition coefficient (Wildman–Crippen LogP) is 5.35. The normalized spacial score (nSPS) is 18.8. The highest BCUT2D eigenvalue weighted by molar-refractivity contribution is 5.94. The van der Waals surface area contributed by atoms with Crippen LogP contribution < -0.4 is 0 Å². The minimum Gasteiger partial charge on any atom is -0.416 e. The van der Waals surface area contributed by atoms with Crippen molar-refractivity contribution >= 4 is 16.3 Å². The Kier molecular flexibility index (Phi) is 3.23. The van der Waals surface area contributed by atoms with Gasteiger partial charge in [0.05, 0.1) is 0 Å². The van der Waals surface area contributed by atoms with E-state index < -0.39 is 0 Å². The number of hydrogen-bond acceptors (Lipinski definition) is 3. The first-order chi connectivity index (χ1) is 12.4. The van der Waals surface area contributed by atoms with Crippen LogP contribution in [0.4, 0.5) is 0 Å². The van der Waals surface area contributed by atoms with E-state index in [1.54, 1.807) is 0 Å². The zero-order valence-corrected chi connectivity index (χ0v) is 13.6. The van der Waals surface area contributed by atoms with E-state index in [-0.39, 0.29) is 0 Å². The summed E-state index contributed by atoms with van der Waals surface area (Å²) >= 11 is 0. The number of benzene rings is 2. The Bertz CT molecular complexity index is 1080. The Morgan fingerprint density at radius 1 is 0.880 bits per heavy atom. The van der Waals surface area contributed by atoms with E-state index in [0.29, 0.717) is 17.7 Å². The second kappa shape index (κ2) is 5.71. The molecule has 0 aliphatic heterocycles. The van der Waals surface area contributed by atoms with E-state index >= 15 is 0 Å². The van der Waals surface area contributed by atoms with E-state index in [2.05, 4.69) is 64.9 Å². The summed E-state index contributed by atoms with van der Waals surface area (Å²) in [5.74, 6) is 1.54. The van der Waals surface area contributed by atoms with Gasteiger partial charge in [0.25, 0.3) is 0 Å². The van der Waals surface area contributed by atoms with E-state index in [0.717, 1.165) is 22.9 Å². The Hall–Kier alpha value is -3.20. The van der Waals surface area contributed by atoms with E-state index in [9.17, 15) is 0 Å². The minimum atomic E-state index is 0.401. The second-order valence-electron chi connectivity index (χ2n) is 6.30. The van der Waals surface area contributed by atoms with Crippen molar-refractivity contribution in [2.75, 3.05) is 0 Å². The average Bonchev–Trinajstić information content (AvgIpc) is 3.17. The van der Waals surface area contributed by atoms with E-state index in [1.807, 2.05) is 24.3 Å². The lowest BCUT2D eigenvalue weighted by molar-refractivity contribution is 0.553. The third kappa shape index (κ3) is 2.36. The zero-order chi connectivity index (χ0) is 16.6. The maximum Gasteiger partial charge on any atom is 0.248 e. The molecule has 2 aliphatic rings. The van der Waals surface area contributed by atoms with Gasteiger partial charge in [-0.25, -0.2) is 0 Å². The number of aromatic nitrogens is 2. The number of allylic oxidation sites excluding steroid dienone is 8. The molecule has 3 heteroatoms. The van der Waals surface area contributed by atoms with E-state index in [4.69, 9.17) is 4.42 Å². The standard InChI is InChI=1S/C22H16N2O/c1-3-11-17-15(7-1)9-5-13-19(17)21-23-24-22(25-21)20-14-6-10-16-8-2-4-12-18(16)20/h1-9,11-14,16H,10H2. The second-order valence-corrected chi connectivity index (χ2v) is 6.30. The third-order valence-corrected chi connectivity index (χ3v) is 4.79. The quantitative estimate of drug-likeness (QED) is 0.638. The Labute approximate surface area is 145 Å². The summed E-state index contributed by atoms with van der Waals surface area (Å²) in [5.41, 5.74) is 3.24. The fourth-order valence-corrected chi connectivity index (χ4v) is 3.56. The SMILES string of the molecule is C1=CC2=C(c3nnc(-c4cccc5ccccc45)o3)C=CCC2C=C1. The van der Waals surface area contributed by atoms with Gasteiger partial charge in [-0.2, -0.15) is 0 Å². The van der Waals surface area contributed by atoms with Crippen molar-refractivity contribution in [3.05, 3.63) is 90.4 Å². The van der Waals surface area contributed by atoms with Gasteiger partial charge in [0, 0.05) is 17.1 Å². The summed E-state index contributed by atoms with van der Waals surface area (Å²) in [7, 11) is 0. The van der Waals surface area contributed by atoms with Crippen LogP contribution in [-0.2, 0) is 0 Å². The molecule has 0 N–H and O–H groups in total. The van der Waals surface area contributed by atoms with Crippen LogP contribution in [0.25, 0.3) is 27.8 Å². The van der Waals surface area contributed by atoms with Gasteiger partial charge in [-0.3, -0.25) is 0 Å². The van der Waals surface area contributed by atoms with Crippen LogP contribution in [0, 0.1) is 5.92 Å². The molecule has 3 aromatic rings. The summed E-state index contributed by atoms with van der Waals surface area (Å²) in [4.78, 5) is 0. The maximum absolute atomic E-state index is 6.08. The number of hydrogen-bond donors (Lipinski definition) is 0. The molecule has 1 atom stereocenters. The molecule has 120 valence electrons. The first-order valence-corrected chi connectivity index (χ1v) is 8.48. The lowest BCUT2D eigenvalue weighted by Crippen LogP contribution is -2.07. The Morgan fingerprint density at radius 3 is 2.76 bits per heavy atom. The smallest absolute Gasteiger partial charge is 0.248 e. The van der Waals surface area contributed by atoms with Crippen LogP contribution in [0.5, 0.6) is 0 Å². The minimum absolute atomic E-state index is 0.401. The Morgan fingerprint density at radius 2 is 1.76 bits per heavy atom. The molecule has 0 saturated heterocycles. The average molecular weight is 324 g/mol. The van der Waals surface area contributed by atoms with Crippen molar-refractivity contribution in [1.82, 2.24) is 10.2 Å². The maximum atomic E-state index is 6.08. The number of rotatable bonds is 2. The van der Waals surface area contributed by atoms with Crippen LogP contribution in [0.1, 0.15) is 12.3 Å². The lowest BCUT2D eigenvalue weighted by Gasteiger charge is -2.20. The summed E-state index contributed by atoms with van der Waals surface area (Å²) in [6.07, 6.45) is 13.8. The molecule has 1 aromatic heterocycles. The van der Waals surface area contributed by atoms with Crippen molar-refractivity contribution in [2.45, 2.75) is 6.42 Å². The molecular formula is C22H16N2O.